The summed E-state index contributed by atoms with van der Waals surface area (Å²) in [6, 6.07) is 11.9. The van der Waals surface area contributed by atoms with Crippen LogP contribution in [0.25, 0.3) is 33.4 Å². The third-order valence-electron chi connectivity index (χ3n) is 8.00. The Morgan fingerprint density at radius 2 is 1.61 bits per heavy atom. The molecule has 3 amide bonds. The number of nitrogens with one attached hydrogen (secondary N) is 1. The van der Waals surface area contributed by atoms with Crippen molar-refractivity contribution in [1.82, 2.24) is 9.96 Å². The standard InChI is InChI=1S/C33H34N4O12S2/c1-4-34-23-14-12-21-28(22-13-15-24(35-5-2)32(51(45,46)47)30(22)48-29(21)31(23)50(42,43)44)19-9-6-7-10-20(19)33(41)36(3)18-8-11-27(40)49-37-25(38)16-17-26(37)39/h6-7,9-10,12-15,34H,4-5,8,11,16-18H2,1-3H3,(H,42,43,44)(H,45,46,47)/b35-24-. The van der Waals surface area contributed by atoms with E-state index < -0.39 is 65.1 Å². The van der Waals surface area contributed by atoms with Gasteiger partial charge >= 0.3 is 5.97 Å². The van der Waals surface area contributed by atoms with E-state index in [9.17, 15) is 45.1 Å². The van der Waals surface area contributed by atoms with Gasteiger partial charge in [0.05, 0.1) is 11.0 Å². The van der Waals surface area contributed by atoms with Gasteiger partial charge in [-0.05, 0) is 56.2 Å². The number of fused-ring (bicyclic) bond motifs is 2. The van der Waals surface area contributed by atoms with Crippen LogP contribution in [0, 0.1) is 0 Å². The minimum Gasteiger partial charge on any atom is -0.453 e. The van der Waals surface area contributed by atoms with E-state index in [4.69, 9.17) is 9.25 Å². The topological polar surface area (TPSA) is 230 Å². The van der Waals surface area contributed by atoms with Crippen LogP contribution in [-0.2, 0) is 39.5 Å². The number of nitrogens with zero attached hydrogens (tertiary/aromatic N) is 3. The van der Waals surface area contributed by atoms with Crippen molar-refractivity contribution >= 4 is 60.6 Å². The van der Waals surface area contributed by atoms with Crippen LogP contribution in [0.2, 0.25) is 0 Å². The van der Waals surface area contributed by atoms with Crippen LogP contribution in [0.4, 0.5) is 5.69 Å². The van der Waals surface area contributed by atoms with Gasteiger partial charge in [-0.1, -0.05) is 18.2 Å². The quantitative estimate of drug-likeness (QED) is 0.107. The summed E-state index contributed by atoms with van der Waals surface area (Å²) in [5.74, 6) is -3.09. The summed E-state index contributed by atoms with van der Waals surface area (Å²) in [5, 5.41) is 3.19. The fraction of sp³-hybridized carbons (Fsp3) is 0.303. The van der Waals surface area contributed by atoms with E-state index in [0.717, 1.165) is 0 Å². The van der Waals surface area contributed by atoms with Crippen molar-refractivity contribution in [3.63, 3.8) is 0 Å². The van der Waals surface area contributed by atoms with Crippen molar-refractivity contribution in [2.75, 3.05) is 32.0 Å². The average molecular weight is 743 g/mol. The molecule has 270 valence electrons. The summed E-state index contributed by atoms with van der Waals surface area (Å²) in [5.41, 5.74) is 0.00738. The highest BCUT2D eigenvalue weighted by Gasteiger charge is 2.34. The zero-order chi connectivity index (χ0) is 37.2. The molecule has 2 aromatic carbocycles. The van der Waals surface area contributed by atoms with Crippen molar-refractivity contribution < 1.29 is 54.4 Å². The van der Waals surface area contributed by atoms with E-state index in [-0.39, 0.29) is 84.0 Å². The molecule has 0 aromatic heterocycles. The second-order valence-corrected chi connectivity index (χ2v) is 14.2. The molecule has 0 radical (unpaired) electrons. The molecular formula is C33H34N4O12S2. The lowest BCUT2D eigenvalue weighted by Gasteiger charge is -2.23. The van der Waals surface area contributed by atoms with Crippen molar-refractivity contribution in [2.24, 2.45) is 4.99 Å². The normalized spacial score (nSPS) is 14.1. The molecule has 5 rings (SSSR count). The SMILES string of the molecule is CC/N=c1/ccc2c(-c3ccccc3C(=O)N(C)CCCC(=O)ON3C(=O)CCC3=O)c3ccc(NCC)c(S(=O)(=O)O)c3oc-2c1S(=O)(=O)O. The lowest BCUT2D eigenvalue weighted by Crippen LogP contribution is -2.32. The number of amides is 3. The number of hydrogen-bond acceptors (Lipinski definition) is 12. The molecule has 2 aromatic rings. The monoisotopic (exact) mass is 742 g/mol. The number of carbonyl (C=O) groups is 4. The Balaban J connectivity index is 1.66. The Labute approximate surface area is 292 Å². The average Bonchev–Trinajstić information content (AvgIpc) is 3.37. The van der Waals surface area contributed by atoms with E-state index in [1.54, 1.807) is 32.0 Å². The Morgan fingerprint density at radius 1 is 0.941 bits per heavy atom. The lowest BCUT2D eigenvalue weighted by molar-refractivity contribution is -0.197. The number of imide groups is 1. The van der Waals surface area contributed by atoms with Gasteiger partial charge in [0.2, 0.25) is 0 Å². The van der Waals surface area contributed by atoms with Gasteiger partial charge in [-0.15, -0.1) is 5.06 Å². The summed E-state index contributed by atoms with van der Waals surface area (Å²) in [6.45, 7) is 3.71. The molecule has 3 aliphatic rings. The van der Waals surface area contributed by atoms with Crippen LogP contribution in [-0.4, -0.2) is 86.3 Å². The highest BCUT2D eigenvalue weighted by atomic mass is 32.2. The maximum absolute atomic E-state index is 14.0. The maximum Gasteiger partial charge on any atom is 0.333 e. The summed E-state index contributed by atoms with van der Waals surface area (Å²) >= 11 is 0. The second-order valence-electron chi connectivity index (χ2n) is 11.5. The fourth-order valence-corrected chi connectivity index (χ4v) is 7.43. The first-order chi connectivity index (χ1) is 24.1. The molecule has 16 nitrogen and oxygen atoms in total. The third-order valence-corrected chi connectivity index (χ3v) is 9.84. The Morgan fingerprint density at radius 3 is 2.24 bits per heavy atom. The van der Waals surface area contributed by atoms with Gasteiger partial charge in [0.25, 0.3) is 38.0 Å². The van der Waals surface area contributed by atoms with Crippen molar-refractivity contribution in [3.8, 4) is 22.5 Å². The van der Waals surface area contributed by atoms with Crippen molar-refractivity contribution in [2.45, 2.75) is 49.3 Å². The van der Waals surface area contributed by atoms with Gasteiger partial charge in [0.1, 0.15) is 0 Å². The molecular weight excluding hydrogens is 709 g/mol. The number of benzene rings is 3. The fourth-order valence-electron chi connectivity index (χ4n) is 5.84. The van der Waals surface area contributed by atoms with Gasteiger partial charge in [-0.3, -0.25) is 28.5 Å². The Hall–Kier alpha value is -5.17. The van der Waals surface area contributed by atoms with Gasteiger partial charge in [-0.2, -0.15) is 16.8 Å². The van der Waals surface area contributed by atoms with Crippen molar-refractivity contribution in [3.05, 3.63) is 59.5 Å². The summed E-state index contributed by atoms with van der Waals surface area (Å²) < 4.78 is 78.2. The largest absolute Gasteiger partial charge is 0.453 e. The number of carbonyl (C=O) groups excluding carboxylic acids is 4. The number of hydrogen-bond donors (Lipinski definition) is 3. The van der Waals surface area contributed by atoms with E-state index in [2.05, 4.69) is 10.3 Å². The molecule has 2 heterocycles. The Kier molecular flexibility index (Phi) is 10.6. The molecule has 3 N–H and O–H groups in total. The highest BCUT2D eigenvalue weighted by Crippen LogP contribution is 2.46. The molecule has 0 atom stereocenters. The summed E-state index contributed by atoms with van der Waals surface area (Å²) in [4.78, 5) is 58.7. The first kappa shape index (κ1) is 37.1. The van der Waals surface area contributed by atoms with E-state index >= 15 is 0 Å². The van der Waals surface area contributed by atoms with Gasteiger partial charge in [0, 0.05) is 68.0 Å². The third kappa shape index (κ3) is 7.48. The van der Waals surface area contributed by atoms with Crippen LogP contribution < -0.4 is 10.7 Å². The van der Waals surface area contributed by atoms with Crippen molar-refractivity contribution in [1.29, 1.82) is 0 Å². The van der Waals surface area contributed by atoms with Gasteiger partial charge in [0.15, 0.2) is 21.1 Å². The predicted molar refractivity (Wildman–Crippen MR) is 182 cm³/mol. The maximum atomic E-state index is 14.0. The minimum atomic E-state index is -5.06. The number of anilines is 1. The number of rotatable bonds is 12. The van der Waals surface area contributed by atoms with E-state index in [1.165, 1.54) is 42.3 Å². The molecule has 1 aliphatic carbocycles. The molecule has 0 bridgehead atoms. The summed E-state index contributed by atoms with van der Waals surface area (Å²) in [6.07, 6.45) is -0.226. The summed E-state index contributed by atoms with van der Waals surface area (Å²) in [7, 11) is -8.62. The second kappa shape index (κ2) is 14.6. The predicted octanol–water partition coefficient (Wildman–Crippen LogP) is 3.51. The van der Waals surface area contributed by atoms with Gasteiger partial charge < -0.3 is 19.5 Å². The lowest BCUT2D eigenvalue weighted by atomic mass is 9.90. The van der Waals surface area contributed by atoms with E-state index in [1.807, 2.05) is 0 Å². The van der Waals surface area contributed by atoms with Gasteiger partial charge in [-0.25, -0.2) is 4.79 Å². The van der Waals surface area contributed by atoms with Crippen LogP contribution >= 0.6 is 0 Å². The smallest absolute Gasteiger partial charge is 0.333 e. The molecule has 1 fully saturated rings. The molecule has 0 spiro atoms. The zero-order valence-corrected chi connectivity index (χ0v) is 29.3. The highest BCUT2D eigenvalue weighted by molar-refractivity contribution is 7.86. The molecule has 2 aliphatic heterocycles. The van der Waals surface area contributed by atoms with E-state index in [0.29, 0.717) is 5.06 Å². The Bertz CT molecular complexity index is 2320. The molecule has 18 heteroatoms. The number of hydroxylamine groups is 2. The van der Waals surface area contributed by atoms with Crippen LogP contribution in [0.5, 0.6) is 0 Å². The van der Waals surface area contributed by atoms with Crippen LogP contribution in [0.3, 0.4) is 0 Å². The molecule has 51 heavy (non-hydrogen) atoms. The first-order valence-corrected chi connectivity index (χ1v) is 18.6. The van der Waals surface area contributed by atoms with Crippen LogP contribution in [0.15, 0.2) is 67.7 Å². The first-order valence-electron chi connectivity index (χ1n) is 15.8. The minimum absolute atomic E-state index is 0.0313. The molecule has 0 saturated carbocycles. The molecule has 1 saturated heterocycles. The van der Waals surface area contributed by atoms with Crippen LogP contribution in [0.1, 0.15) is 49.9 Å². The molecule has 0 unspecified atom stereocenters. The zero-order valence-electron chi connectivity index (χ0n) is 27.7.